The van der Waals surface area contributed by atoms with Gasteiger partial charge < -0.3 is 0 Å². The minimum absolute atomic E-state index is 0.0146. The van der Waals surface area contributed by atoms with E-state index in [0.29, 0.717) is 0 Å². The number of rotatable bonds is 9. The number of hydrogen-bond acceptors (Lipinski definition) is 0. The Morgan fingerprint density at radius 3 is 0.855 bits per heavy atom. The van der Waals surface area contributed by atoms with Crippen molar-refractivity contribution >= 4 is 21.8 Å². The summed E-state index contributed by atoms with van der Waals surface area (Å²) in [6.07, 6.45) is 21.8. The summed E-state index contributed by atoms with van der Waals surface area (Å²) in [4.78, 5) is 8.18. The molecule has 7 heteroatoms. The fourth-order valence-corrected chi connectivity index (χ4v) is 15.3. The maximum atomic E-state index is 12.4. The van der Waals surface area contributed by atoms with E-state index in [2.05, 4.69) is 202 Å². The summed E-state index contributed by atoms with van der Waals surface area (Å²) in [5, 5.41) is 0. The van der Waals surface area contributed by atoms with Crippen molar-refractivity contribution in [2.45, 2.75) is 164 Å². The molecule has 0 heterocycles. The zero-order valence-electron chi connectivity index (χ0n) is 44.4. The molecule has 3 fully saturated rings. The Kier molecular flexibility index (Phi) is 21.1. The molecule has 0 spiro atoms. The van der Waals surface area contributed by atoms with Gasteiger partial charge in [0.25, 0.3) is 0 Å². The van der Waals surface area contributed by atoms with Crippen LogP contribution in [0.15, 0.2) is 217 Å². The Morgan fingerprint density at radius 1 is 0.289 bits per heavy atom. The molecule has 0 unspecified atom stereocenters. The molecule has 0 nitrogen and oxygen atoms in total. The lowest BCUT2D eigenvalue weighted by molar-refractivity contribution is 0.373. The van der Waals surface area contributed by atoms with Gasteiger partial charge in [0.1, 0.15) is 0 Å². The fraction of sp³-hybridized carbons (Fsp3) is 0.304. The average Bonchev–Trinajstić information content (AvgIpc) is 3.49. The van der Waals surface area contributed by atoms with E-state index in [1.165, 1.54) is 131 Å². The van der Waals surface area contributed by atoms with Gasteiger partial charge >= 0.3 is 0 Å². The molecule has 3 saturated carbocycles. The number of benzene rings is 8. The maximum Gasteiger partial charge on any atom is 0.200 e. The van der Waals surface area contributed by atoms with Gasteiger partial charge in [-0.05, 0) is 172 Å². The molecule has 0 saturated heterocycles. The maximum absolute atomic E-state index is 12.4. The molecule has 3 aliphatic carbocycles. The Balaban J connectivity index is 0.000000138. The summed E-state index contributed by atoms with van der Waals surface area (Å²) in [6, 6.07) is 67.9. The van der Waals surface area contributed by atoms with Crippen molar-refractivity contribution in [2.75, 3.05) is 0 Å². The third kappa shape index (κ3) is 14.8. The van der Waals surface area contributed by atoms with Gasteiger partial charge in [-0.25, -0.2) is 22.0 Å². The van der Waals surface area contributed by atoms with Crippen LogP contribution >= 0.6 is 0 Å². The molecule has 3 aliphatic rings. The van der Waals surface area contributed by atoms with Crippen molar-refractivity contribution in [3.63, 3.8) is 0 Å². The van der Waals surface area contributed by atoms with E-state index in [-0.39, 0.29) is 21.8 Å². The fourth-order valence-electron chi connectivity index (χ4n) is 11.1. The van der Waals surface area contributed by atoms with Crippen LogP contribution in [0.3, 0.4) is 0 Å². The van der Waals surface area contributed by atoms with Crippen LogP contribution in [0.25, 0.3) is 0 Å². The van der Waals surface area contributed by atoms with E-state index < -0.39 is 34.6 Å². The first kappa shape index (κ1) is 56.3. The standard InChI is InChI=1S/C25H38.C19H17S.C18H15S.C7H3F5/c1-19-24(21-13-7-3-8-14-21)17-23(20-11-5-2-6-12-20)18-25(19)22-15-9-4-10-16-22;1-16-12-14-19(15-13-16)20(17-8-4-2-5-9-17)18-10-6-3-7-11-18;1-4-10-16(11-5-1)19(17-12-6-2-7-13-17)18-14-8-3-9-15-18;1-2-3(8)5(10)7(12)6(11)4(2)9/h17-18,20-22H,2-16H2,1H3;2-15H,1H3;1-15H;1H3/q;2*+1;. The van der Waals surface area contributed by atoms with Crippen molar-refractivity contribution < 1.29 is 22.0 Å². The van der Waals surface area contributed by atoms with Crippen molar-refractivity contribution in [2.24, 2.45) is 0 Å². The monoisotopic (exact) mass is 1060 g/mol. The highest BCUT2D eigenvalue weighted by atomic mass is 32.2. The topological polar surface area (TPSA) is 0 Å². The van der Waals surface area contributed by atoms with Crippen LogP contribution in [0.5, 0.6) is 0 Å². The molecule has 8 aromatic carbocycles. The summed E-state index contributed by atoms with van der Waals surface area (Å²) in [6.45, 7) is 5.42. The largest absolute Gasteiger partial charge is 0.203 e. The third-order valence-electron chi connectivity index (χ3n) is 15.3. The van der Waals surface area contributed by atoms with Gasteiger partial charge in [0.2, 0.25) is 5.82 Å². The van der Waals surface area contributed by atoms with Crippen LogP contribution in [-0.2, 0) is 21.8 Å². The van der Waals surface area contributed by atoms with Crippen molar-refractivity contribution in [1.29, 1.82) is 0 Å². The quantitative estimate of drug-likeness (QED) is 0.0585. The minimum atomic E-state index is -2.13. The molecule has 0 radical (unpaired) electrons. The predicted octanol–water partition coefficient (Wildman–Crippen LogP) is 20.7. The second kappa shape index (κ2) is 28.5. The average molecular weight is 1060 g/mol. The molecule has 0 N–H and O–H groups in total. The second-order valence-electron chi connectivity index (χ2n) is 20.5. The third-order valence-corrected chi connectivity index (χ3v) is 19.7. The number of hydrogen-bond donors (Lipinski definition) is 0. The molecule has 394 valence electrons. The summed E-state index contributed by atoms with van der Waals surface area (Å²) in [5.41, 5.74) is 7.39. The summed E-state index contributed by atoms with van der Waals surface area (Å²) in [5.74, 6) is -6.94. The van der Waals surface area contributed by atoms with Crippen molar-refractivity contribution in [3.8, 4) is 0 Å². The molecule has 0 bridgehead atoms. The Bertz CT molecular complexity index is 2710. The second-order valence-corrected chi connectivity index (χ2v) is 24.6. The van der Waals surface area contributed by atoms with E-state index in [1.807, 2.05) is 0 Å². The van der Waals surface area contributed by atoms with E-state index in [0.717, 1.165) is 24.7 Å². The number of aryl methyl sites for hydroxylation is 1. The zero-order chi connectivity index (χ0) is 53.2. The van der Waals surface area contributed by atoms with E-state index in [1.54, 1.807) is 22.3 Å². The summed E-state index contributed by atoms with van der Waals surface area (Å²) in [7, 11) is -0.0375. The van der Waals surface area contributed by atoms with Gasteiger partial charge in [-0.3, -0.25) is 0 Å². The van der Waals surface area contributed by atoms with E-state index in [4.69, 9.17) is 0 Å². The van der Waals surface area contributed by atoms with Gasteiger partial charge in [-0.1, -0.05) is 179 Å². The molecule has 11 rings (SSSR count). The molecule has 0 aromatic heterocycles. The Hall–Kier alpha value is -5.89. The lowest BCUT2D eigenvalue weighted by atomic mass is 9.74. The van der Waals surface area contributed by atoms with Crippen LogP contribution in [-0.4, -0.2) is 0 Å². The van der Waals surface area contributed by atoms with Gasteiger partial charge in [0, 0.05) is 5.56 Å². The molecular weight excluding hydrogens is 988 g/mol. The van der Waals surface area contributed by atoms with Crippen molar-refractivity contribution in [1.82, 2.24) is 0 Å². The predicted molar refractivity (Wildman–Crippen MR) is 307 cm³/mol. The molecule has 8 aromatic rings. The van der Waals surface area contributed by atoms with Crippen LogP contribution in [0.2, 0.25) is 0 Å². The van der Waals surface area contributed by atoms with Crippen LogP contribution in [0.4, 0.5) is 22.0 Å². The SMILES string of the molecule is Cc1c(C2CCCCC2)cc(C2CCCCC2)cc1C1CCCCC1.Cc1c(F)c(F)c(F)c(F)c1F.Cc1ccc([S+](c2ccccc2)c2ccccc2)cc1.c1ccc([S+](c2ccccc2)c2ccccc2)cc1. The Labute approximate surface area is 456 Å². The van der Waals surface area contributed by atoms with Crippen LogP contribution in [0, 0.1) is 49.9 Å². The van der Waals surface area contributed by atoms with Crippen LogP contribution in [0.1, 0.15) is 147 Å². The smallest absolute Gasteiger partial charge is 0.200 e. The van der Waals surface area contributed by atoms with Gasteiger partial charge in [-0.2, -0.15) is 0 Å². The number of halogens is 5. The van der Waals surface area contributed by atoms with Crippen LogP contribution < -0.4 is 0 Å². The highest BCUT2D eigenvalue weighted by Gasteiger charge is 2.30. The normalized spacial score (nSPS) is 15.2. The minimum Gasteiger partial charge on any atom is -0.203 e. The zero-order valence-corrected chi connectivity index (χ0v) is 46.1. The molecule has 0 atom stereocenters. The summed E-state index contributed by atoms with van der Waals surface area (Å²) < 4.78 is 61.6. The highest BCUT2D eigenvalue weighted by Crippen LogP contribution is 2.44. The van der Waals surface area contributed by atoms with E-state index in [9.17, 15) is 22.0 Å². The lowest BCUT2D eigenvalue weighted by Gasteiger charge is -2.31. The first-order chi connectivity index (χ1) is 37.1. The first-order valence-electron chi connectivity index (χ1n) is 27.5. The Morgan fingerprint density at radius 2 is 0.553 bits per heavy atom. The van der Waals surface area contributed by atoms with Crippen molar-refractivity contribution in [3.05, 3.63) is 251 Å². The molecular formula is C69H73F5S2+2. The summed E-state index contributed by atoms with van der Waals surface area (Å²) >= 11 is 0. The first-order valence-corrected chi connectivity index (χ1v) is 30.0. The molecule has 76 heavy (non-hydrogen) atoms. The lowest BCUT2D eigenvalue weighted by Crippen LogP contribution is -2.14. The van der Waals surface area contributed by atoms with Gasteiger partial charge in [0.15, 0.2) is 52.6 Å². The molecule has 0 amide bonds. The van der Waals surface area contributed by atoms with E-state index >= 15 is 0 Å². The van der Waals surface area contributed by atoms with Gasteiger partial charge in [0.05, 0.1) is 21.8 Å². The highest BCUT2D eigenvalue weighted by molar-refractivity contribution is 7.97. The van der Waals surface area contributed by atoms with Gasteiger partial charge in [-0.15, -0.1) is 0 Å². The molecule has 0 aliphatic heterocycles.